The normalized spacial score (nSPS) is 23.9. The number of β-amino-alcohol motifs (C(OH)–C–C–N with tert-alkyl or cyclic N) is 1. The van der Waals surface area contributed by atoms with Crippen LogP contribution in [0.2, 0.25) is 0 Å². The monoisotopic (exact) mass is 258 g/mol. The van der Waals surface area contributed by atoms with Crippen molar-refractivity contribution < 1.29 is 9.52 Å². The molecule has 1 fully saturated rings. The molecular weight excluding hydrogens is 240 g/mol. The van der Waals surface area contributed by atoms with Gasteiger partial charge < -0.3 is 9.52 Å². The lowest BCUT2D eigenvalue weighted by molar-refractivity contribution is 0.0677. The number of oxazole rings is 1. The zero-order valence-electron chi connectivity index (χ0n) is 11.0. The van der Waals surface area contributed by atoms with Gasteiger partial charge in [0.05, 0.1) is 11.3 Å². The van der Waals surface area contributed by atoms with Gasteiger partial charge in [0.1, 0.15) is 6.26 Å². The Morgan fingerprint density at radius 2 is 2.16 bits per heavy atom. The molecule has 1 aromatic heterocycles. The zero-order chi connectivity index (χ0) is 13.3. The van der Waals surface area contributed by atoms with Crippen molar-refractivity contribution in [3.8, 4) is 11.5 Å². The van der Waals surface area contributed by atoms with Crippen molar-refractivity contribution in [3.63, 3.8) is 0 Å². The molecule has 2 aromatic rings. The average Bonchev–Trinajstić information content (AvgIpc) is 2.98. The van der Waals surface area contributed by atoms with Crippen LogP contribution in [0.1, 0.15) is 19.0 Å². The van der Waals surface area contributed by atoms with E-state index in [1.165, 1.54) is 0 Å². The predicted octanol–water partition coefficient (Wildman–Crippen LogP) is 2.30. The van der Waals surface area contributed by atoms with Crippen LogP contribution in [0.25, 0.3) is 11.5 Å². The minimum Gasteiger partial charge on any atom is -0.444 e. The second-order valence-electron chi connectivity index (χ2n) is 5.47. The summed E-state index contributed by atoms with van der Waals surface area (Å²) in [5.41, 5.74) is 1.34. The Morgan fingerprint density at radius 3 is 2.84 bits per heavy atom. The molecule has 0 bridgehead atoms. The van der Waals surface area contributed by atoms with Crippen molar-refractivity contribution in [3.05, 3.63) is 42.3 Å². The van der Waals surface area contributed by atoms with Crippen LogP contribution in [0, 0.1) is 0 Å². The average molecular weight is 258 g/mol. The highest BCUT2D eigenvalue weighted by molar-refractivity contribution is 5.52. The maximum Gasteiger partial charge on any atom is 0.226 e. The van der Waals surface area contributed by atoms with Gasteiger partial charge in [-0.3, -0.25) is 4.90 Å². The predicted molar refractivity (Wildman–Crippen MR) is 72.5 cm³/mol. The van der Waals surface area contributed by atoms with Crippen molar-refractivity contribution in [2.24, 2.45) is 0 Å². The van der Waals surface area contributed by atoms with Gasteiger partial charge in [-0.05, 0) is 25.5 Å². The lowest BCUT2D eigenvalue weighted by Crippen LogP contribution is -2.29. The van der Waals surface area contributed by atoms with E-state index in [1.54, 1.807) is 6.26 Å². The molecule has 1 saturated heterocycles. The molecule has 1 N–H and O–H groups in total. The Kier molecular flexibility index (Phi) is 3.12. The first-order chi connectivity index (χ1) is 9.12. The highest BCUT2D eigenvalue weighted by Crippen LogP contribution is 2.23. The summed E-state index contributed by atoms with van der Waals surface area (Å²) >= 11 is 0. The van der Waals surface area contributed by atoms with Crippen LogP contribution in [0.4, 0.5) is 0 Å². The lowest BCUT2D eigenvalue weighted by atomic mass is 10.1. The van der Waals surface area contributed by atoms with Gasteiger partial charge in [-0.2, -0.15) is 0 Å². The maximum atomic E-state index is 9.94. The van der Waals surface area contributed by atoms with E-state index >= 15 is 0 Å². The van der Waals surface area contributed by atoms with Crippen molar-refractivity contribution >= 4 is 0 Å². The summed E-state index contributed by atoms with van der Waals surface area (Å²) in [7, 11) is 0. The van der Waals surface area contributed by atoms with Crippen molar-refractivity contribution in [1.82, 2.24) is 9.88 Å². The zero-order valence-corrected chi connectivity index (χ0v) is 11.0. The second-order valence-corrected chi connectivity index (χ2v) is 5.47. The molecule has 4 heteroatoms. The van der Waals surface area contributed by atoms with Crippen LogP contribution in [0.5, 0.6) is 0 Å². The maximum absolute atomic E-state index is 9.94. The number of hydrogen-bond acceptors (Lipinski definition) is 4. The highest BCUT2D eigenvalue weighted by atomic mass is 16.3. The Bertz CT molecular complexity index is 548. The van der Waals surface area contributed by atoms with Crippen LogP contribution in [-0.2, 0) is 6.54 Å². The third-order valence-electron chi connectivity index (χ3n) is 3.49. The van der Waals surface area contributed by atoms with E-state index in [9.17, 15) is 5.11 Å². The summed E-state index contributed by atoms with van der Waals surface area (Å²) in [5.74, 6) is 0.654. The van der Waals surface area contributed by atoms with Crippen molar-refractivity contribution in [2.45, 2.75) is 25.5 Å². The first kappa shape index (κ1) is 12.4. The number of hydrogen-bond donors (Lipinski definition) is 1. The minimum absolute atomic E-state index is 0.563. The highest BCUT2D eigenvalue weighted by Gasteiger charge is 2.31. The Balaban J connectivity index is 1.69. The van der Waals surface area contributed by atoms with E-state index in [2.05, 4.69) is 9.88 Å². The molecule has 1 aromatic carbocycles. The number of nitrogens with zero attached hydrogens (tertiary/aromatic N) is 2. The molecule has 100 valence electrons. The molecule has 4 nitrogen and oxygen atoms in total. The van der Waals surface area contributed by atoms with Gasteiger partial charge in [0.2, 0.25) is 5.89 Å². The number of benzene rings is 1. The molecule has 0 aliphatic carbocycles. The lowest BCUT2D eigenvalue weighted by Gasteiger charge is -2.17. The Morgan fingerprint density at radius 1 is 1.37 bits per heavy atom. The van der Waals surface area contributed by atoms with Gasteiger partial charge in [-0.15, -0.1) is 0 Å². The smallest absolute Gasteiger partial charge is 0.226 e. The minimum atomic E-state index is -0.563. The van der Waals surface area contributed by atoms with Crippen LogP contribution in [-0.4, -0.2) is 33.7 Å². The topological polar surface area (TPSA) is 49.5 Å². The molecule has 3 rings (SSSR count). The van der Waals surface area contributed by atoms with Gasteiger partial charge in [-0.1, -0.05) is 18.2 Å². The van der Waals surface area contributed by atoms with Crippen molar-refractivity contribution in [1.29, 1.82) is 0 Å². The molecule has 0 amide bonds. The number of aromatic nitrogens is 1. The third-order valence-corrected chi connectivity index (χ3v) is 3.49. The standard InChI is InChI=1S/C15H18N2O2/c1-15(18)7-8-17(11-15)9-13-10-19-14(16-13)12-5-3-2-4-6-12/h2-6,10,18H,7-9,11H2,1H3. The van der Waals surface area contributed by atoms with E-state index < -0.39 is 5.60 Å². The molecule has 2 heterocycles. The molecule has 0 spiro atoms. The van der Waals surface area contributed by atoms with E-state index in [0.29, 0.717) is 12.4 Å². The van der Waals surface area contributed by atoms with Gasteiger partial charge in [0.25, 0.3) is 0 Å². The number of rotatable bonds is 3. The summed E-state index contributed by atoms with van der Waals surface area (Å²) in [5, 5.41) is 9.94. The summed E-state index contributed by atoms with van der Waals surface area (Å²) in [4.78, 5) is 6.70. The van der Waals surface area contributed by atoms with Crippen molar-refractivity contribution in [2.75, 3.05) is 13.1 Å². The van der Waals surface area contributed by atoms with Gasteiger partial charge in [0.15, 0.2) is 0 Å². The summed E-state index contributed by atoms with van der Waals surface area (Å²) < 4.78 is 5.51. The summed E-state index contributed by atoms with van der Waals surface area (Å²) in [6.45, 7) is 4.21. The second kappa shape index (κ2) is 4.79. The first-order valence-electron chi connectivity index (χ1n) is 6.57. The number of aliphatic hydroxyl groups is 1. The van der Waals surface area contributed by atoms with E-state index in [4.69, 9.17) is 4.42 Å². The number of likely N-dealkylation sites (tertiary alicyclic amines) is 1. The van der Waals surface area contributed by atoms with Crippen LogP contribution < -0.4 is 0 Å². The molecule has 19 heavy (non-hydrogen) atoms. The largest absolute Gasteiger partial charge is 0.444 e. The first-order valence-corrected chi connectivity index (χ1v) is 6.57. The Hall–Kier alpha value is -1.65. The Labute approximate surface area is 112 Å². The fourth-order valence-electron chi connectivity index (χ4n) is 2.50. The van der Waals surface area contributed by atoms with Crippen LogP contribution in [0.15, 0.2) is 41.0 Å². The van der Waals surface area contributed by atoms with E-state index in [0.717, 1.165) is 30.8 Å². The summed E-state index contributed by atoms with van der Waals surface area (Å²) in [6.07, 6.45) is 2.52. The molecule has 0 radical (unpaired) electrons. The van der Waals surface area contributed by atoms with Crippen LogP contribution >= 0.6 is 0 Å². The van der Waals surface area contributed by atoms with E-state index in [-0.39, 0.29) is 0 Å². The van der Waals surface area contributed by atoms with E-state index in [1.807, 2.05) is 37.3 Å². The molecule has 0 saturated carbocycles. The van der Waals surface area contributed by atoms with Crippen LogP contribution in [0.3, 0.4) is 0 Å². The molecule has 1 aliphatic rings. The molecule has 1 aliphatic heterocycles. The molecule has 1 atom stereocenters. The van der Waals surface area contributed by atoms with Gasteiger partial charge in [0, 0.05) is 25.2 Å². The quantitative estimate of drug-likeness (QED) is 0.917. The van der Waals surface area contributed by atoms with Gasteiger partial charge in [-0.25, -0.2) is 4.98 Å². The van der Waals surface area contributed by atoms with Gasteiger partial charge >= 0.3 is 0 Å². The summed E-state index contributed by atoms with van der Waals surface area (Å²) in [6, 6.07) is 9.87. The SMILES string of the molecule is CC1(O)CCN(Cc2coc(-c3ccccc3)n2)C1. The fraction of sp³-hybridized carbons (Fsp3) is 0.400. The fourth-order valence-corrected chi connectivity index (χ4v) is 2.50. The molecule has 1 unspecified atom stereocenters. The third kappa shape index (κ3) is 2.85. The molecular formula is C15H18N2O2.